The van der Waals surface area contributed by atoms with Crippen LogP contribution in [0.4, 0.5) is 4.79 Å². The SMILES string of the molecule is CCc1ccc(OCCNC(=O)NCc2ccccn2)cc1. The van der Waals surface area contributed by atoms with Crippen LogP contribution in [0.2, 0.25) is 0 Å². The second-order valence-corrected chi connectivity index (χ2v) is 4.78. The lowest BCUT2D eigenvalue weighted by atomic mass is 10.2. The first kappa shape index (κ1) is 15.8. The highest BCUT2D eigenvalue weighted by atomic mass is 16.5. The maximum atomic E-state index is 11.6. The standard InChI is InChI=1S/C17H21N3O2/c1-2-14-6-8-16(9-7-14)22-12-11-19-17(21)20-13-15-5-3-4-10-18-15/h3-10H,2,11-13H2,1H3,(H2,19,20,21). The number of pyridine rings is 1. The third-order valence-corrected chi connectivity index (χ3v) is 3.14. The molecule has 5 heteroatoms. The first-order valence-corrected chi connectivity index (χ1v) is 7.41. The highest BCUT2D eigenvalue weighted by molar-refractivity contribution is 5.73. The van der Waals surface area contributed by atoms with Gasteiger partial charge in [0.25, 0.3) is 0 Å². The molecule has 22 heavy (non-hydrogen) atoms. The lowest BCUT2D eigenvalue weighted by molar-refractivity contribution is 0.236. The molecule has 5 nitrogen and oxygen atoms in total. The molecular formula is C17H21N3O2. The molecule has 1 heterocycles. The molecule has 0 fully saturated rings. The summed E-state index contributed by atoms with van der Waals surface area (Å²) in [6, 6.07) is 13.3. The van der Waals surface area contributed by atoms with E-state index >= 15 is 0 Å². The van der Waals surface area contributed by atoms with Crippen molar-refractivity contribution >= 4 is 6.03 Å². The van der Waals surface area contributed by atoms with Gasteiger partial charge >= 0.3 is 6.03 Å². The van der Waals surface area contributed by atoms with Crippen LogP contribution in [0.25, 0.3) is 0 Å². The molecular weight excluding hydrogens is 278 g/mol. The zero-order chi connectivity index (χ0) is 15.6. The fourth-order valence-electron chi connectivity index (χ4n) is 1.89. The number of aromatic nitrogens is 1. The number of urea groups is 1. The Kier molecular flexibility index (Phi) is 6.23. The molecule has 0 bridgehead atoms. The smallest absolute Gasteiger partial charge is 0.315 e. The van der Waals surface area contributed by atoms with Gasteiger partial charge in [0.1, 0.15) is 12.4 Å². The predicted octanol–water partition coefficient (Wildman–Crippen LogP) is 2.52. The summed E-state index contributed by atoms with van der Waals surface area (Å²) in [5, 5.41) is 5.49. The summed E-state index contributed by atoms with van der Waals surface area (Å²) in [6.07, 6.45) is 2.71. The van der Waals surface area contributed by atoms with Crippen molar-refractivity contribution in [2.24, 2.45) is 0 Å². The van der Waals surface area contributed by atoms with Crippen LogP contribution in [0.1, 0.15) is 18.2 Å². The Hall–Kier alpha value is -2.56. The number of nitrogens with zero attached hydrogens (tertiary/aromatic N) is 1. The number of benzene rings is 1. The van der Waals surface area contributed by atoms with Crippen LogP contribution in [0.3, 0.4) is 0 Å². The maximum Gasteiger partial charge on any atom is 0.315 e. The van der Waals surface area contributed by atoms with Crippen molar-refractivity contribution in [2.45, 2.75) is 19.9 Å². The largest absolute Gasteiger partial charge is 0.492 e. The Bertz CT molecular complexity index is 570. The van der Waals surface area contributed by atoms with E-state index in [1.807, 2.05) is 42.5 Å². The van der Waals surface area contributed by atoms with Crippen LogP contribution >= 0.6 is 0 Å². The molecule has 2 amide bonds. The summed E-state index contributed by atoms with van der Waals surface area (Å²) < 4.78 is 5.56. The van der Waals surface area contributed by atoms with E-state index in [4.69, 9.17) is 4.74 Å². The molecule has 0 aliphatic carbocycles. The normalized spacial score (nSPS) is 10.0. The molecule has 2 rings (SSSR count). The van der Waals surface area contributed by atoms with Gasteiger partial charge in [-0.1, -0.05) is 25.1 Å². The van der Waals surface area contributed by atoms with E-state index in [-0.39, 0.29) is 6.03 Å². The zero-order valence-corrected chi connectivity index (χ0v) is 12.7. The van der Waals surface area contributed by atoms with Crippen molar-refractivity contribution in [1.82, 2.24) is 15.6 Å². The van der Waals surface area contributed by atoms with Gasteiger partial charge in [0, 0.05) is 6.20 Å². The molecule has 0 unspecified atom stereocenters. The minimum Gasteiger partial charge on any atom is -0.492 e. The van der Waals surface area contributed by atoms with E-state index < -0.39 is 0 Å². The van der Waals surface area contributed by atoms with Gasteiger partial charge in [0.15, 0.2) is 0 Å². The fourth-order valence-corrected chi connectivity index (χ4v) is 1.89. The topological polar surface area (TPSA) is 63.2 Å². The molecule has 2 N–H and O–H groups in total. The molecule has 0 spiro atoms. The van der Waals surface area contributed by atoms with Crippen LogP contribution < -0.4 is 15.4 Å². The van der Waals surface area contributed by atoms with Crippen molar-refractivity contribution in [3.8, 4) is 5.75 Å². The highest BCUT2D eigenvalue weighted by Gasteiger charge is 2.00. The van der Waals surface area contributed by atoms with Gasteiger partial charge in [-0.3, -0.25) is 4.98 Å². The van der Waals surface area contributed by atoms with E-state index in [1.54, 1.807) is 6.20 Å². The zero-order valence-electron chi connectivity index (χ0n) is 12.7. The van der Waals surface area contributed by atoms with Crippen molar-refractivity contribution in [3.63, 3.8) is 0 Å². The Balaban J connectivity index is 1.60. The summed E-state index contributed by atoms with van der Waals surface area (Å²) in [5.41, 5.74) is 2.10. The molecule has 2 aromatic rings. The van der Waals surface area contributed by atoms with Crippen LogP contribution in [0.5, 0.6) is 5.75 Å². The summed E-state index contributed by atoms with van der Waals surface area (Å²) in [7, 11) is 0. The van der Waals surface area contributed by atoms with Crippen LogP contribution in [0, 0.1) is 0 Å². The Morgan fingerprint density at radius 1 is 1.14 bits per heavy atom. The second kappa shape index (κ2) is 8.67. The first-order chi connectivity index (χ1) is 10.8. The molecule has 1 aromatic heterocycles. The molecule has 0 saturated carbocycles. The monoisotopic (exact) mass is 299 g/mol. The molecule has 0 aliphatic heterocycles. The predicted molar refractivity (Wildman–Crippen MR) is 85.8 cm³/mol. The minimum atomic E-state index is -0.226. The molecule has 116 valence electrons. The quantitative estimate of drug-likeness (QED) is 0.772. The molecule has 1 aromatic carbocycles. The Morgan fingerprint density at radius 3 is 2.64 bits per heavy atom. The van der Waals surface area contributed by atoms with Crippen LogP contribution in [0.15, 0.2) is 48.7 Å². The van der Waals surface area contributed by atoms with Gasteiger partial charge in [-0.2, -0.15) is 0 Å². The first-order valence-electron chi connectivity index (χ1n) is 7.41. The fraction of sp³-hybridized carbons (Fsp3) is 0.294. The van der Waals surface area contributed by atoms with Crippen LogP contribution in [-0.2, 0) is 13.0 Å². The minimum absolute atomic E-state index is 0.226. The summed E-state index contributed by atoms with van der Waals surface area (Å²) in [5.74, 6) is 0.813. The van der Waals surface area contributed by atoms with Gasteiger partial charge in [-0.15, -0.1) is 0 Å². The number of carbonyl (C=O) groups excluding carboxylic acids is 1. The number of amides is 2. The Labute approximate surface area is 130 Å². The lowest BCUT2D eigenvalue weighted by Gasteiger charge is -2.09. The van der Waals surface area contributed by atoms with Gasteiger partial charge in [0.2, 0.25) is 0 Å². The molecule has 0 radical (unpaired) electrons. The number of rotatable bonds is 7. The van der Waals surface area contributed by atoms with Crippen molar-refractivity contribution in [3.05, 3.63) is 59.9 Å². The van der Waals surface area contributed by atoms with E-state index in [2.05, 4.69) is 22.5 Å². The van der Waals surface area contributed by atoms with Crippen molar-refractivity contribution < 1.29 is 9.53 Å². The third-order valence-electron chi connectivity index (χ3n) is 3.14. The van der Waals surface area contributed by atoms with E-state index in [0.717, 1.165) is 17.9 Å². The van der Waals surface area contributed by atoms with Gasteiger partial charge in [0.05, 0.1) is 18.8 Å². The van der Waals surface area contributed by atoms with E-state index in [1.165, 1.54) is 5.56 Å². The molecule has 0 saturated heterocycles. The number of hydrogen-bond acceptors (Lipinski definition) is 3. The average molecular weight is 299 g/mol. The summed E-state index contributed by atoms with van der Waals surface area (Å²) >= 11 is 0. The number of aryl methyl sites for hydroxylation is 1. The van der Waals surface area contributed by atoms with E-state index in [9.17, 15) is 4.79 Å². The lowest BCUT2D eigenvalue weighted by Crippen LogP contribution is -2.37. The van der Waals surface area contributed by atoms with Crippen molar-refractivity contribution in [2.75, 3.05) is 13.2 Å². The van der Waals surface area contributed by atoms with Crippen LogP contribution in [-0.4, -0.2) is 24.2 Å². The average Bonchev–Trinajstić information content (AvgIpc) is 2.58. The Morgan fingerprint density at radius 2 is 1.95 bits per heavy atom. The van der Waals surface area contributed by atoms with Crippen molar-refractivity contribution in [1.29, 1.82) is 0 Å². The molecule has 0 atom stereocenters. The maximum absolute atomic E-state index is 11.6. The van der Waals surface area contributed by atoms with Gasteiger partial charge in [-0.25, -0.2) is 4.79 Å². The number of ether oxygens (including phenoxy) is 1. The number of hydrogen-bond donors (Lipinski definition) is 2. The van der Waals surface area contributed by atoms with E-state index in [0.29, 0.717) is 19.7 Å². The molecule has 0 aliphatic rings. The van der Waals surface area contributed by atoms with Gasteiger partial charge < -0.3 is 15.4 Å². The number of nitrogens with one attached hydrogen (secondary N) is 2. The highest BCUT2D eigenvalue weighted by Crippen LogP contribution is 2.11. The second-order valence-electron chi connectivity index (χ2n) is 4.78. The summed E-state index contributed by atoms with van der Waals surface area (Å²) in [6.45, 7) is 3.40. The number of carbonyl (C=O) groups is 1. The van der Waals surface area contributed by atoms with Gasteiger partial charge in [-0.05, 0) is 36.2 Å². The summed E-state index contributed by atoms with van der Waals surface area (Å²) in [4.78, 5) is 15.7. The third kappa shape index (κ3) is 5.44.